The normalized spacial score (nSPS) is 24.0. The van der Waals surface area contributed by atoms with Crippen molar-refractivity contribution in [1.82, 2.24) is 10.6 Å². The van der Waals surface area contributed by atoms with Crippen molar-refractivity contribution in [1.29, 1.82) is 0 Å². The van der Waals surface area contributed by atoms with E-state index in [-0.39, 0.29) is 6.09 Å². The Hall–Kier alpha value is -0.810. The zero-order chi connectivity index (χ0) is 14.3. The van der Waals surface area contributed by atoms with Gasteiger partial charge in [0.2, 0.25) is 0 Å². The van der Waals surface area contributed by atoms with Gasteiger partial charge >= 0.3 is 6.09 Å². The minimum absolute atomic E-state index is 0.301. The Morgan fingerprint density at radius 3 is 2.53 bits per heavy atom. The van der Waals surface area contributed by atoms with Crippen LogP contribution < -0.4 is 10.6 Å². The molecule has 0 aromatic rings. The lowest BCUT2D eigenvalue weighted by Gasteiger charge is -2.31. The molecule has 2 N–H and O–H groups in total. The second kappa shape index (κ2) is 7.70. The van der Waals surface area contributed by atoms with Gasteiger partial charge in [0, 0.05) is 26.2 Å². The Morgan fingerprint density at radius 1 is 1.21 bits per heavy atom. The van der Waals surface area contributed by atoms with Gasteiger partial charge in [-0.25, -0.2) is 4.79 Å². The van der Waals surface area contributed by atoms with E-state index in [1.54, 1.807) is 7.11 Å². The summed E-state index contributed by atoms with van der Waals surface area (Å²) in [6.45, 7) is 6.88. The molecule has 1 amide bonds. The van der Waals surface area contributed by atoms with Crippen molar-refractivity contribution in [3.8, 4) is 0 Å². The topological polar surface area (TPSA) is 59.6 Å². The summed E-state index contributed by atoms with van der Waals surface area (Å²) in [5.74, 6) is 0. The maximum atomic E-state index is 11.4. The lowest BCUT2D eigenvalue weighted by Crippen LogP contribution is -2.46. The van der Waals surface area contributed by atoms with Crippen molar-refractivity contribution in [3.63, 3.8) is 0 Å². The molecule has 0 bridgehead atoms. The fourth-order valence-corrected chi connectivity index (χ4v) is 2.35. The third-order valence-corrected chi connectivity index (χ3v) is 3.21. The third-order valence-electron chi connectivity index (χ3n) is 3.21. The van der Waals surface area contributed by atoms with Gasteiger partial charge in [0.15, 0.2) is 0 Å². The number of rotatable bonds is 5. The zero-order valence-electron chi connectivity index (χ0n) is 12.6. The van der Waals surface area contributed by atoms with E-state index in [0.29, 0.717) is 18.7 Å². The Labute approximate surface area is 116 Å². The smallest absolute Gasteiger partial charge is 0.407 e. The van der Waals surface area contributed by atoms with Gasteiger partial charge in [-0.1, -0.05) is 12.8 Å². The molecule has 0 aromatic heterocycles. The molecular formula is C14H28N2O3. The number of alkyl carbamates (subject to hydrolysis) is 1. The number of carbonyl (C=O) groups excluding carboxylic acids is 1. The standard InChI is InChI=1S/C14H28N2O3/c1-14(2,3)19-13(17)16-10-9-15-11-7-5-6-8-12(11)18-4/h11-12,15H,5-10H2,1-4H3,(H,16,17). The van der Waals surface area contributed by atoms with E-state index in [2.05, 4.69) is 10.6 Å². The van der Waals surface area contributed by atoms with E-state index in [1.165, 1.54) is 12.8 Å². The first-order chi connectivity index (χ1) is 8.92. The second-order valence-corrected chi connectivity index (χ2v) is 6.05. The Bertz CT molecular complexity index is 276. The van der Waals surface area contributed by atoms with Crippen LogP contribution in [0.2, 0.25) is 0 Å². The lowest BCUT2D eigenvalue weighted by molar-refractivity contribution is 0.0412. The van der Waals surface area contributed by atoms with Crippen molar-refractivity contribution < 1.29 is 14.3 Å². The minimum atomic E-state index is -0.442. The molecule has 5 nitrogen and oxygen atoms in total. The number of methoxy groups -OCH3 is 1. The predicted octanol–water partition coefficient (Wildman–Crippen LogP) is 2.06. The van der Waals surface area contributed by atoms with Gasteiger partial charge in [-0.15, -0.1) is 0 Å². The number of hydrogen-bond donors (Lipinski definition) is 2. The second-order valence-electron chi connectivity index (χ2n) is 6.05. The quantitative estimate of drug-likeness (QED) is 0.752. The van der Waals surface area contributed by atoms with Crippen LogP contribution >= 0.6 is 0 Å². The lowest BCUT2D eigenvalue weighted by atomic mass is 9.92. The molecule has 0 aromatic carbocycles. The van der Waals surface area contributed by atoms with Gasteiger partial charge in [-0.05, 0) is 33.6 Å². The number of nitrogens with one attached hydrogen (secondary N) is 2. The molecule has 2 unspecified atom stereocenters. The fraction of sp³-hybridized carbons (Fsp3) is 0.929. The molecule has 5 heteroatoms. The summed E-state index contributed by atoms with van der Waals surface area (Å²) < 4.78 is 10.6. The van der Waals surface area contributed by atoms with Gasteiger partial charge < -0.3 is 20.1 Å². The van der Waals surface area contributed by atoms with E-state index < -0.39 is 5.60 Å². The number of hydrogen-bond acceptors (Lipinski definition) is 4. The first kappa shape index (κ1) is 16.2. The van der Waals surface area contributed by atoms with E-state index >= 15 is 0 Å². The summed E-state index contributed by atoms with van der Waals surface area (Å²) >= 11 is 0. The van der Waals surface area contributed by atoms with Crippen molar-refractivity contribution in [2.75, 3.05) is 20.2 Å². The minimum Gasteiger partial charge on any atom is -0.444 e. The number of ether oxygens (including phenoxy) is 2. The van der Waals surface area contributed by atoms with Crippen LogP contribution in [0.4, 0.5) is 4.79 Å². The maximum absolute atomic E-state index is 11.4. The van der Waals surface area contributed by atoms with Crippen LogP contribution in [0.1, 0.15) is 46.5 Å². The van der Waals surface area contributed by atoms with Crippen molar-refractivity contribution in [2.45, 2.75) is 64.2 Å². The molecule has 0 radical (unpaired) electrons. The summed E-state index contributed by atoms with van der Waals surface area (Å²) in [4.78, 5) is 11.4. The van der Waals surface area contributed by atoms with Crippen molar-refractivity contribution in [3.05, 3.63) is 0 Å². The highest BCUT2D eigenvalue weighted by Gasteiger charge is 2.24. The van der Waals surface area contributed by atoms with E-state index in [4.69, 9.17) is 9.47 Å². The SMILES string of the molecule is COC1CCCCC1NCCNC(=O)OC(C)(C)C. The summed E-state index contributed by atoms with van der Waals surface area (Å²) in [5, 5.41) is 6.19. The van der Waals surface area contributed by atoms with Crippen LogP contribution in [0.15, 0.2) is 0 Å². The Kier molecular flexibility index (Phi) is 6.58. The van der Waals surface area contributed by atoms with Crippen LogP contribution in [0.25, 0.3) is 0 Å². The van der Waals surface area contributed by atoms with Crippen LogP contribution in [0.3, 0.4) is 0 Å². The average molecular weight is 272 g/mol. The summed E-state index contributed by atoms with van der Waals surface area (Å²) in [6.07, 6.45) is 4.69. The van der Waals surface area contributed by atoms with Crippen LogP contribution in [0, 0.1) is 0 Å². The van der Waals surface area contributed by atoms with E-state index in [1.807, 2.05) is 20.8 Å². The molecule has 0 saturated heterocycles. The Morgan fingerprint density at radius 2 is 1.89 bits per heavy atom. The van der Waals surface area contributed by atoms with E-state index in [0.717, 1.165) is 19.4 Å². The molecule has 112 valence electrons. The van der Waals surface area contributed by atoms with Gasteiger partial charge in [-0.2, -0.15) is 0 Å². The van der Waals surface area contributed by atoms with Crippen LogP contribution in [0.5, 0.6) is 0 Å². The molecule has 1 aliphatic carbocycles. The van der Waals surface area contributed by atoms with Gasteiger partial charge in [0.25, 0.3) is 0 Å². The monoisotopic (exact) mass is 272 g/mol. The molecule has 0 spiro atoms. The van der Waals surface area contributed by atoms with Crippen LogP contribution in [-0.4, -0.2) is 44.0 Å². The van der Waals surface area contributed by atoms with E-state index in [9.17, 15) is 4.79 Å². The van der Waals surface area contributed by atoms with Gasteiger partial charge in [0.05, 0.1) is 6.10 Å². The van der Waals surface area contributed by atoms with Crippen molar-refractivity contribution >= 4 is 6.09 Å². The van der Waals surface area contributed by atoms with Crippen LogP contribution in [-0.2, 0) is 9.47 Å². The zero-order valence-corrected chi connectivity index (χ0v) is 12.6. The summed E-state index contributed by atoms with van der Waals surface area (Å²) in [7, 11) is 1.77. The first-order valence-corrected chi connectivity index (χ1v) is 7.15. The molecule has 1 rings (SSSR count). The molecule has 0 aliphatic heterocycles. The summed E-state index contributed by atoms with van der Waals surface area (Å²) in [6, 6.07) is 0.402. The third kappa shape index (κ3) is 6.78. The highest BCUT2D eigenvalue weighted by Crippen LogP contribution is 2.20. The molecule has 1 aliphatic rings. The van der Waals surface area contributed by atoms with Gasteiger partial charge in [0.1, 0.15) is 5.60 Å². The van der Waals surface area contributed by atoms with Gasteiger partial charge in [-0.3, -0.25) is 0 Å². The predicted molar refractivity (Wildman–Crippen MR) is 75.3 cm³/mol. The molecule has 0 heterocycles. The fourth-order valence-electron chi connectivity index (χ4n) is 2.35. The number of carbonyl (C=O) groups is 1. The highest BCUT2D eigenvalue weighted by molar-refractivity contribution is 5.67. The first-order valence-electron chi connectivity index (χ1n) is 7.15. The molecule has 2 atom stereocenters. The molecular weight excluding hydrogens is 244 g/mol. The highest BCUT2D eigenvalue weighted by atomic mass is 16.6. The average Bonchev–Trinajstić information content (AvgIpc) is 2.33. The maximum Gasteiger partial charge on any atom is 0.407 e. The number of amides is 1. The molecule has 19 heavy (non-hydrogen) atoms. The molecule has 1 saturated carbocycles. The summed E-state index contributed by atoms with van der Waals surface area (Å²) in [5.41, 5.74) is -0.442. The van der Waals surface area contributed by atoms with Crippen molar-refractivity contribution in [2.24, 2.45) is 0 Å². The largest absolute Gasteiger partial charge is 0.444 e. The Balaban J connectivity index is 2.14. The molecule has 1 fully saturated rings.